The van der Waals surface area contributed by atoms with Gasteiger partial charge in [0, 0.05) is 16.7 Å². The van der Waals surface area contributed by atoms with Gasteiger partial charge in [0.15, 0.2) is 17.2 Å². The monoisotopic (exact) mass is 396 g/mol. The normalized spacial score (nSPS) is 15.4. The summed E-state index contributed by atoms with van der Waals surface area (Å²) in [4.78, 5) is 12.7. The van der Waals surface area contributed by atoms with Crippen LogP contribution in [0.25, 0.3) is 0 Å². The Kier molecular flexibility index (Phi) is 3.45. The second-order valence-electron chi connectivity index (χ2n) is 7.49. The van der Waals surface area contributed by atoms with Crippen molar-refractivity contribution in [2.45, 2.75) is 26.4 Å². The van der Waals surface area contributed by atoms with E-state index in [1.54, 1.807) is 36.4 Å². The molecule has 0 aliphatic carbocycles. The Morgan fingerprint density at radius 2 is 1.34 bits per heavy atom. The Morgan fingerprint density at radius 3 is 1.90 bits per heavy atom. The number of aryl methyl sites for hydroxylation is 2. The Bertz CT molecular complexity index is 1200. The zero-order chi connectivity index (χ0) is 20.7. The molecule has 2 aliphatic rings. The van der Waals surface area contributed by atoms with Crippen molar-refractivity contribution in [3.63, 3.8) is 0 Å². The molecule has 0 amide bonds. The van der Waals surface area contributed by atoms with Gasteiger partial charge in [-0.15, -0.1) is 0 Å². The van der Waals surface area contributed by atoms with Crippen LogP contribution in [0.5, 0.6) is 11.5 Å². The van der Waals surface area contributed by atoms with Crippen LogP contribution in [0.2, 0.25) is 0 Å². The number of esters is 1. The van der Waals surface area contributed by atoms with Crippen molar-refractivity contribution in [3.05, 3.63) is 92.8 Å². The van der Waals surface area contributed by atoms with Crippen LogP contribution in [0.4, 0.5) is 13.2 Å². The Balaban J connectivity index is 1.98. The summed E-state index contributed by atoms with van der Waals surface area (Å²) in [6, 6.07) is 10.3. The van der Waals surface area contributed by atoms with Gasteiger partial charge in [-0.05, 0) is 44.0 Å². The zero-order valence-corrected chi connectivity index (χ0v) is 15.8. The summed E-state index contributed by atoms with van der Waals surface area (Å²) in [5.74, 6) is -4.19. The molecule has 0 bridgehead atoms. The number of benzene rings is 3. The lowest BCUT2D eigenvalue weighted by atomic mass is 9.76. The average Bonchev–Trinajstić information content (AvgIpc) is 2.97. The molecule has 0 unspecified atom stereocenters. The molecule has 146 valence electrons. The Morgan fingerprint density at radius 1 is 0.793 bits per heavy atom. The van der Waals surface area contributed by atoms with Crippen LogP contribution in [0, 0.1) is 38.2 Å². The topological polar surface area (TPSA) is 35.5 Å². The summed E-state index contributed by atoms with van der Waals surface area (Å²) in [5, 5.41) is 0. The van der Waals surface area contributed by atoms with Gasteiger partial charge in [0.2, 0.25) is 0 Å². The van der Waals surface area contributed by atoms with E-state index >= 15 is 4.39 Å². The van der Waals surface area contributed by atoms with E-state index in [0.717, 1.165) is 18.1 Å². The van der Waals surface area contributed by atoms with Crippen LogP contribution >= 0.6 is 0 Å². The van der Waals surface area contributed by atoms with Crippen molar-refractivity contribution >= 4 is 5.97 Å². The average molecular weight is 396 g/mol. The Hall–Kier alpha value is -3.28. The molecular weight excluding hydrogens is 381 g/mol. The van der Waals surface area contributed by atoms with Gasteiger partial charge in [0.25, 0.3) is 0 Å². The number of carbonyl (C=O) groups is 1. The van der Waals surface area contributed by atoms with Crippen molar-refractivity contribution in [3.8, 4) is 11.5 Å². The SMILES string of the molecule is Cc1ccc2c(c1)Oc1cc(C)ccc1C21OC(=O)c2c(F)c(F)c(C)c(F)c21. The molecule has 3 aromatic rings. The number of ether oxygens (including phenoxy) is 2. The van der Waals surface area contributed by atoms with Gasteiger partial charge in [-0.2, -0.15) is 0 Å². The van der Waals surface area contributed by atoms with Gasteiger partial charge in [-0.25, -0.2) is 18.0 Å². The molecule has 0 saturated carbocycles. The molecule has 6 heteroatoms. The maximum atomic E-state index is 15.4. The number of carbonyl (C=O) groups excluding carboxylic acids is 1. The summed E-state index contributed by atoms with van der Waals surface area (Å²) in [6.07, 6.45) is 0. The second-order valence-corrected chi connectivity index (χ2v) is 7.49. The van der Waals surface area contributed by atoms with E-state index in [9.17, 15) is 13.6 Å². The van der Waals surface area contributed by atoms with Crippen LogP contribution in [-0.2, 0) is 10.3 Å². The minimum atomic E-state index is -1.76. The minimum absolute atomic E-state index is 0.322. The van der Waals surface area contributed by atoms with E-state index in [-0.39, 0.29) is 5.56 Å². The first-order chi connectivity index (χ1) is 13.8. The molecule has 0 radical (unpaired) electrons. The van der Waals surface area contributed by atoms with Gasteiger partial charge in [-0.3, -0.25) is 0 Å². The third-order valence-corrected chi connectivity index (χ3v) is 5.59. The fourth-order valence-electron chi connectivity index (χ4n) is 4.19. The van der Waals surface area contributed by atoms with Crippen molar-refractivity contribution in [2.24, 2.45) is 0 Å². The van der Waals surface area contributed by atoms with Crippen molar-refractivity contribution in [1.29, 1.82) is 0 Å². The van der Waals surface area contributed by atoms with E-state index in [4.69, 9.17) is 9.47 Å². The minimum Gasteiger partial charge on any atom is -0.456 e. The van der Waals surface area contributed by atoms with Gasteiger partial charge in [-0.1, -0.05) is 24.3 Å². The number of hydrogen-bond acceptors (Lipinski definition) is 3. The first kappa shape index (κ1) is 17.8. The second kappa shape index (κ2) is 5.63. The molecule has 3 nitrogen and oxygen atoms in total. The Labute approximate surface area is 164 Å². The lowest BCUT2D eigenvalue weighted by molar-refractivity contribution is 0.0216. The number of fused-ring (bicyclic) bond motifs is 6. The van der Waals surface area contributed by atoms with Crippen LogP contribution in [-0.4, -0.2) is 5.97 Å². The molecule has 3 aromatic carbocycles. The maximum absolute atomic E-state index is 15.4. The molecule has 2 aliphatic heterocycles. The van der Waals surface area contributed by atoms with Crippen molar-refractivity contribution in [2.75, 3.05) is 0 Å². The fraction of sp³-hybridized carbons (Fsp3) is 0.174. The molecule has 29 heavy (non-hydrogen) atoms. The highest BCUT2D eigenvalue weighted by atomic mass is 19.2. The van der Waals surface area contributed by atoms with E-state index in [0.29, 0.717) is 22.6 Å². The predicted octanol–water partition coefficient (Wildman–Crippen LogP) is 5.60. The summed E-state index contributed by atoms with van der Waals surface area (Å²) in [6.45, 7) is 4.85. The molecule has 2 heterocycles. The quantitative estimate of drug-likeness (QED) is 0.367. The number of halogens is 3. The van der Waals surface area contributed by atoms with E-state index < -0.39 is 40.1 Å². The molecule has 1 spiro atoms. The lowest BCUT2D eigenvalue weighted by Crippen LogP contribution is -2.34. The van der Waals surface area contributed by atoms with Gasteiger partial charge in [0.05, 0.1) is 5.56 Å². The van der Waals surface area contributed by atoms with Crippen LogP contribution in [0.1, 0.15) is 43.7 Å². The zero-order valence-electron chi connectivity index (χ0n) is 15.8. The molecular formula is C23H15F3O3. The lowest BCUT2D eigenvalue weighted by Gasteiger charge is -2.37. The molecule has 0 N–H and O–H groups in total. The fourth-order valence-corrected chi connectivity index (χ4v) is 4.19. The molecule has 0 atom stereocenters. The largest absolute Gasteiger partial charge is 0.456 e. The maximum Gasteiger partial charge on any atom is 0.343 e. The number of hydrogen-bond donors (Lipinski definition) is 0. The summed E-state index contributed by atoms with van der Waals surface area (Å²) in [7, 11) is 0. The molecule has 0 fully saturated rings. The predicted molar refractivity (Wildman–Crippen MR) is 98.8 cm³/mol. The van der Waals surface area contributed by atoms with Gasteiger partial charge in [0.1, 0.15) is 22.9 Å². The van der Waals surface area contributed by atoms with Crippen molar-refractivity contribution < 1.29 is 27.4 Å². The highest BCUT2D eigenvalue weighted by molar-refractivity contribution is 5.97. The molecule has 5 rings (SSSR count). The summed E-state index contributed by atoms with van der Waals surface area (Å²) >= 11 is 0. The standard InChI is InChI=1S/C23H15F3O3/c1-10-4-6-13-15(8-10)28-16-9-11(2)5-7-14(16)23(13)18-17(22(27)29-23)21(26)20(25)12(3)19(18)24/h4-9H,1-3H3. The van der Waals surface area contributed by atoms with E-state index in [1.807, 2.05) is 13.8 Å². The smallest absolute Gasteiger partial charge is 0.343 e. The third kappa shape index (κ3) is 2.11. The first-order valence-corrected chi connectivity index (χ1v) is 9.06. The first-order valence-electron chi connectivity index (χ1n) is 9.06. The third-order valence-electron chi connectivity index (χ3n) is 5.59. The van der Waals surface area contributed by atoms with Gasteiger partial charge < -0.3 is 9.47 Å². The van der Waals surface area contributed by atoms with Crippen molar-refractivity contribution in [1.82, 2.24) is 0 Å². The number of rotatable bonds is 0. The molecule has 0 saturated heterocycles. The van der Waals surface area contributed by atoms with Gasteiger partial charge >= 0.3 is 5.97 Å². The van der Waals surface area contributed by atoms with E-state index in [2.05, 4.69) is 0 Å². The van der Waals surface area contributed by atoms with Crippen LogP contribution < -0.4 is 4.74 Å². The highest BCUT2D eigenvalue weighted by Crippen LogP contribution is 2.57. The molecule has 0 aromatic heterocycles. The highest BCUT2D eigenvalue weighted by Gasteiger charge is 2.57. The van der Waals surface area contributed by atoms with E-state index in [1.165, 1.54) is 0 Å². The summed E-state index contributed by atoms with van der Waals surface area (Å²) in [5.41, 5.74) is -0.842. The summed E-state index contributed by atoms with van der Waals surface area (Å²) < 4.78 is 56.1. The van der Waals surface area contributed by atoms with Crippen LogP contribution in [0.3, 0.4) is 0 Å². The van der Waals surface area contributed by atoms with Crippen LogP contribution in [0.15, 0.2) is 36.4 Å².